The molecule has 2 aliphatic rings. The van der Waals surface area contributed by atoms with E-state index in [-0.39, 0.29) is 17.4 Å². The van der Waals surface area contributed by atoms with Crippen LogP contribution in [0.5, 0.6) is 0 Å². The molecule has 0 aliphatic carbocycles. The van der Waals surface area contributed by atoms with Gasteiger partial charge in [0.15, 0.2) is 0 Å². The molecule has 28 heavy (non-hydrogen) atoms. The van der Waals surface area contributed by atoms with E-state index >= 15 is 0 Å². The molecule has 1 aromatic carbocycles. The summed E-state index contributed by atoms with van der Waals surface area (Å²) >= 11 is 0. The van der Waals surface area contributed by atoms with Crippen LogP contribution in [-0.2, 0) is 11.3 Å². The summed E-state index contributed by atoms with van der Waals surface area (Å²) in [5.41, 5.74) is 1.77. The maximum absolute atomic E-state index is 12.9. The predicted molar refractivity (Wildman–Crippen MR) is 109 cm³/mol. The molecule has 148 valence electrons. The summed E-state index contributed by atoms with van der Waals surface area (Å²) in [7, 11) is 0. The molecule has 0 radical (unpaired) electrons. The Balaban J connectivity index is 1.44. The molecule has 1 amide bonds. The SMILES string of the molecule is O=C([C@H]1CCCN(c2cnn(Cc3ccccc3)c(=O)c2)C1)N1CCCCC1. The lowest BCUT2D eigenvalue weighted by Gasteiger charge is -2.37. The lowest BCUT2D eigenvalue weighted by atomic mass is 9.95. The molecule has 2 aliphatic heterocycles. The van der Waals surface area contributed by atoms with Crippen molar-refractivity contribution in [1.82, 2.24) is 14.7 Å². The second-order valence-corrected chi connectivity index (χ2v) is 7.87. The summed E-state index contributed by atoms with van der Waals surface area (Å²) in [5.74, 6) is 0.313. The topological polar surface area (TPSA) is 58.4 Å². The molecule has 2 saturated heterocycles. The highest BCUT2D eigenvalue weighted by molar-refractivity contribution is 5.80. The Labute approximate surface area is 165 Å². The third-order valence-electron chi connectivity index (χ3n) is 5.83. The number of nitrogens with zero attached hydrogens (tertiary/aromatic N) is 4. The summed E-state index contributed by atoms with van der Waals surface area (Å²) < 4.78 is 1.49. The molecular formula is C22H28N4O2. The van der Waals surface area contributed by atoms with Gasteiger partial charge in [-0.2, -0.15) is 5.10 Å². The van der Waals surface area contributed by atoms with Gasteiger partial charge in [-0.25, -0.2) is 4.68 Å². The van der Waals surface area contributed by atoms with Crippen LogP contribution >= 0.6 is 0 Å². The molecule has 3 heterocycles. The highest BCUT2D eigenvalue weighted by Gasteiger charge is 2.30. The Morgan fingerprint density at radius 3 is 2.57 bits per heavy atom. The Bertz CT molecular complexity index is 858. The Hall–Kier alpha value is -2.63. The van der Waals surface area contributed by atoms with Crippen molar-refractivity contribution < 1.29 is 4.79 Å². The molecule has 6 heteroatoms. The second-order valence-electron chi connectivity index (χ2n) is 7.87. The van der Waals surface area contributed by atoms with E-state index in [0.717, 1.165) is 56.6 Å². The number of anilines is 1. The molecule has 4 rings (SSSR count). The van der Waals surface area contributed by atoms with Gasteiger partial charge in [0.25, 0.3) is 5.56 Å². The number of carbonyl (C=O) groups excluding carboxylic acids is 1. The summed E-state index contributed by atoms with van der Waals surface area (Å²) in [4.78, 5) is 29.6. The molecule has 2 aromatic rings. The van der Waals surface area contributed by atoms with Crippen LogP contribution in [0.15, 0.2) is 47.4 Å². The smallest absolute Gasteiger partial charge is 0.269 e. The van der Waals surface area contributed by atoms with Crippen molar-refractivity contribution in [2.24, 2.45) is 5.92 Å². The average molecular weight is 380 g/mol. The highest BCUT2D eigenvalue weighted by Crippen LogP contribution is 2.24. The van der Waals surface area contributed by atoms with Crippen LogP contribution in [0.2, 0.25) is 0 Å². The fourth-order valence-corrected chi connectivity index (χ4v) is 4.26. The van der Waals surface area contributed by atoms with E-state index in [1.807, 2.05) is 35.2 Å². The quantitative estimate of drug-likeness (QED) is 0.818. The summed E-state index contributed by atoms with van der Waals surface area (Å²) in [6.07, 6.45) is 7.13. The van der Waals surface area contributed by atoms with Gasteiger partial charge in [0.1, 0.15) is 0 Å². The maximum Gasteiger partial charge on any atom is 0.269 e. The first-order valence-electron chi connectivity index (χ1n) is 10.4. The fourth-order valence-electron chi connectivity index (χ4n) is 4.26. The normalized spacial score (nSPS) is 20.2. The minimum Gasteiger partial charge on any atom is -0.369 e. The summed E-state index contributed by atoms with van der Waals surface area (Å²) in [6, 6.07) is 11.5. The first-order valence-corrected chi connectivity index (χ1v) is 10.4. The lowest BCUT2D eigenvalue weighted by Crippen LogP contribution is -2.46. The van der Waals surface area contributed by atoms with Crippen LogP contribution in [0, 0.1) is 5.92 Å². The monoisotopic (exact) mass is 380 g/mol. The van der Waals surface area contributed by atoms with Crippen LogP contribution in [-0.4, -0.2) is 46.8 Å². The minimum absolute atomic E-state index is 0.0265. The van der Waals surface area contributed by atoms with Gasteiger partial charge < -0.3 is 9.80 Å². The van der Waals surface area contributed by atoms with Gasteiger partial charge in [-0.3, -0.25) is 9.59 Å². The molecule has 2 fully saturated rings. The van der Waals surface area contributed by atoms with Gasteiger partial charge in [0.05, 0.1) is 24.3 Å². The van der Waals surface area contributed by atoms with Gasteiger partial charge in [0, 0.05) is 32.2 Å². The van der Waals surface area contributed by atoms with Gasteiger partial charge in [-0.05, 0) is 37.7 Å². The lowest BCUT2D eigenvalue weighted by molar-refractivity contribution is -0.136. The number of benzene rings is 1. The minimum atomic E-state index is -0.106. The van der Waals surface area contributed by atoms with Crippen LogP contribution in [0.4, 0.5) is 5.69 Å². The third-order valence-corrected chi connectivity index (χ3v) is 5.83. The van der Waals surface area contributed by atoms with Crippen molar-refractivity contribution in [2.75, 3.05) is 31.1 Å². The molecule has 0 unspecified atom stereocenters. The second kappa shape index (κ2) is 8.59. The van der Waals surface area contributed by atoms with Gasteiger partial charge >= 0.3 is 0 Å². The van der Waals surface area contributed by atoms with E-state index in [9.17, 15) is 9.59 Å². The van der Waals surface area contributed by atoms with Crippen molar-refractivity contribution in [2.45, 2.75) is 38.6 Å². The van der Waals surface area contributed by atoms with Crippen molar-refractivity contribution in [3.05, 3.63) is 58.5 Å². The number of hydrogen-bond acceptors (Lipinski definition) is 4. The number of rotatable bonds is 4. The molecule has 0 spiro atoms. The zero-order valence-corrected chi connectivity index (χ0v) is 16.3. The van der Waals surface area contributed by atoms with E-state index in [2.05, 4.69) is 10.00 Å². The van der Waals surface area contributed by atoms with Gasteiger partial charge in [0.2, 0.25) is 5.91 Å². The number of carbonyl (C=O) groups is 1. The number of hydrogen-bond donors (Lipinski definition) is 0. The first-order chi connectivity index (χ1) is 13.7. The first kappa shape index (κ1) is 18.7. The van der Waals surface area contributed by atoms with E-state index in [1.165, 1.54) is 11.1 Å². The van der Waals surface area contributed by atoms with Gasteiger partial charge in [-0.15, -0.1) is 0 Å². The molecule has 1 atom stereocenters. The third kappa shape index (κ3) is 4.26. The predicted octanol–water partition coefficient (Wildman–Crippen LogP) is 2.52. The molecular weight excluding hydrogens is 352 g/mol. The number of amides is 1. The van der Waals surface area contributed by atoms with Crippen molar-refractivity contribution in [3.63, 3.8) is 0 Å². The number of likely N-dealkylation sites (tertiary alicyclic amines) is 1. The Morgan fingerprint density at radius 1 is 1.04 bits per heavy atom. The molecule has 0 saturated carbocycles. The summed E-state index contributed by atoms with van der Waals surface area (Å²) in [5, 5.41) is 4.38. The number of aromatic nitrogens is 2. The zero-order chi connectivity index (χ0) is 19.3. The fraction of sp³-hybridized carbons (Fsp3) is 0.500. The number of piperidine rings is 2. The van der Waals surface area contributed by atoms with Crippen molar-refractivity contribution in [3.8, 4) is 0 Å². The van der Waals surface area contributed by atoms with E-state index < -0.39 is 0 Å². The van der Waals surface area contributed by atoms with E-state index in [0.29, 0.717) is 13.1 Å². The molecule has 0 bridgehead atoms. The van der Waals surface area contributed by atoms with Crippen LogP contribution in [0.25, 0.3) is 0 Å². The zero-order valence-electron chi connectivity index (χ0n) is 16.3. The van der Waals surface area contributed by atoms with E-state index in [4.69, 9.17) is 0 Å². The van der Waals surface area contributed by atoms with Crippen LogP contribution in [0.3, 0.4) is 0 Å². The molecule has 0 N–H and O–H groups in total. The largest absolute Gasteiger partial charge is 0.369 e. The standard InChI is InChI=1S/C22H28N4O2/c27-21-14-20(15-23-26(21)16-18-8-3-1-4-9-18)25-13-7-10-19(17-25)22(28)24-11-5-2-6-12-24/h1,3-4,8-9,14-15,19H,2,5-7,10-13,16-17H2/t19-/m0/s1. The maximum atomic E-state index is 12.9. The molecule has 1 aromatic heterocycles. The average Bonchev–Trinajstić information content (AvgIpc) is 2.76. The highest BCUT2D eigenvalue weighted by atomic mass is 16.2. The van der Waals surface area contributed by atoms with Crippen molar-refractivity contribution >= 4 is 11.6 Å². The Kier molecular flexibility index (Phi) is 5.74. The Morgan fingerprint density at radius 2 is 1.82 bits per heavy atom. The van der Waals surface area contributed by atoms with Gasteiger partial charge in [-0.1, -0.05) is 30.3 Å². The van der Waals surface area contributed by atoms with Crippen molar-refractivity contribution in [1.29, 1.82) is 0 Å². The van der Waals surface area contributed by atoms with Crippen LogP contribution < -0.4 is 10.5 Å². The molecule has 6 nitrogen and oxygen atoms in total. The van der Waals surface area contributed by atoms with Crippen LogP contribution in [0.1, 0.15) is 37.7 Å². The summed E-state index contributed by atoms with van der Waals surface area (Å²) in [6.45, 7) is 3.81. The van der Waals surface area contributed by atoms with E-state index in [1.54, 1.807) is 12.3 Å².